The Labute approximate surface area is 161 Å². The molecule has 0 fully saturated rings. The van der Waals surface area contributed by atoms with Gasteiger partial charge in [0.15, 0.2) is 0 Å². The molecule has 7 heteroatoms. The summed E-state index contributed by atoms with van der Waals surface area (Å²) in [5.74, 6) is -0.697. The van der Waals surface area contributed by atoms with Crippen LogP contribution in [0.1, 0.15) is 27.2 Å². The maximum absolute atomic E-state index is 14.1. The van der Waals surface area contributed by atoms with Crippen molar-refractivity contribution >= 4 is 5.91 Å². The summed E-state index contributed by atoms with van der Waals surface area (Å²) in [5.41, 5.74) is 2.50. The molecule has 1 aliphatic heterocycles. The van der Waals surface area contributed by atoms with Crippen LogP contribution in [0.5, 0.6) is 5.88 Å². The first-order chi connectivity index (χ1) is 13.5. The fraction of sp³-hybridized carbons (Fsp3) is 0.238. The van der Waals surface area contributed by atoms with Crippen LogP contribution in [0.2, 0.25) is 0 Å². The van der Waals surface area contributed by atoms with Gasteiger partial charge in [0.1, 0.15) is 18.2 Å². The van der Waals surface area contributed by atoms with E-state index in [-0.39, 0.29) is 23.9 Å². The smallest absolute Gasteiger partial charge is 0.257 e. The second-order valence-electron chi connectivity index (χ2n) is 6.82. The molecule has 1 amide bonds. The lowest BCUT2D eigenvalue weighted by molar-refractivity contribution is 0.0701. The lowest BCUT2D eigenvalue weighted by Gasteiger charge is -2.27. The molecule has 2 heterocycles. The number of aryl methyl sites for hydroxylation is 1. The normalized spacial score (nSPS) is 13.3. The Hall–Kier alpha value is -3.22. The number of hydrogen-bond acceptors (Lipinski definition) is 3. The number of benzene rings is 2. The van der Waals surface area contributed by atoms with E-state index >= 15 is 0 Å². The lowest BCUT2D eigenvalue weighted by Crippen LogP contribution is -2.38. The van der Waals surface area contributed by atoms with Crippen LogP contribution < -0.4 is 4.74 Å². The van der Waals surface area contributed by atoms with E-state index < -0.39 is 5.82 Å². The number of fused-ring (bicyclic) bond motifs is 1. The van der Waals surface area contributed by atoms with Crippen LogP contribution in [0.25, 0.3) is 0 Å². The molecule has 0 atom stereocenters. The zero-order chi connectivity index (χ0) is 19.7. The van der Waals surface area contributed by atoms with Crippen molar-refractivity contribution in [3.63, 3.8) is 0 Å². The van der Waals surface area contributed by atoms with Gasteiger partial charge in [0.2, 0.25) is 5.88 Å². The zero-order valence-electron chi connectivity index (χ0n) is 15.4. The highest BCUT2D eigenvalue weighted by Gasteiger charge is 2.25. The van der Waals surface area contributed by atoms with Crippen molar-refractivity contribution in [3.05, 3.63) is 82.5 Å². The summed E-state index contributed by atoms with van der Waals surface area (Å²) in [5, 5.41) is 4.39. The van der Waals surface area contributed by atoms with Crippen LogP contribution in [0, 0.1) is 18.6 Å². The summed E-state index contributed by atoms with van der Waals surface area (Å²) in [4.78, 5) is 14.3. The van der Waals surface area contributed by atoms with Gasteiger partial charge in [-0.2, -0.15) is 0 Å². The molecule has 5 nitrogen and oxygen atoms in total. The van der Waals surface area contributed by atoms with Gasteiger partial charge in [-0.1, -0.05) is 18.2 Å². The molecule has 1 aliphatic rings. The molecule has 0 bridgehead atoms. The molecular weight excluding hydrogens is 364 g/mol. The minimum absolute atomic E-state index is 0.0753. The first-order valence-electron chi connectivity index (χ1n) is 8.99. The van der Waals surface area contributed by atoms with Crippen molar-refractivity contribution in [2.75, 3.05) is 6.54 Å². The van der Waals surface area contributed by atoms with Gasteiger partial charge < -0.3 is 9.64 Å². The van der Waals surface area contributed by atoms with E-state index in [2.05, 4.69) is 5.10 Å². The predicted octanol–water partition coefficient (Wildman–Crippen LogP) is 3.70. The standard InChI is InChI=1S/C21H19F2N3O2/c1-14-2-7-18(19(23)10-14)21(27)25-8-9-26-17(12-25)11-20(24-26)28-13-15-3-5-16(22)6-4-15/h2-7,10-11H,8-9,12-13H2,1H3. The van der Waals surface area contributed by atoms with E-state index in [1.165, 1.54) is 24.3 Å². The summed E-state index contributed by atoms with van der Waals surface area (Å²) >= 11 is 0. The Morgan fingerprint density at radius 1 is 1.11 bits per heavy atom. The maximum atomic E-state index is 14.1. The Balaban J connectivity index is 1.44. The van der Waals surface area contributed by atoms with E-state index in [1.807, 2.05) is 0 Å². The number of hydrogen-bond donors (Lipinski definition) is 0. The van der Waals surface area contributed by atoms with E-state index in [0.29, 0.717) is 25.5 Å². The number of rotatable bonds is 4. The first-order valence-corrected chi connectivity index (χ1v) is 8.99. The average Bonchev–Trinajstić information content (AvgIpc) is 3.09. The number of nitrogens with zero attached hydrogens (tertiary/aromatic N) is 3. The molecule has 144 valence electrons. The van der Waals surface area contributed by atoms with Crippen molar-refractivity contribution < 1.29 is 18.3 Å². The van der Waals surface area contributed by atoms with E-state index in [9.17, 15) is 13.6 Å². The van der Waals surface area contributed by atoms with Gasteiger partial charge >= 0.3 is 0 Å². The Morgan fingerprint density at radius 3 is 2.64 bits per heavy atom. The van der Waals surface area contributed by atoms with Gasteiger partial charge in [0, 0.05) is 12.6 Å². The fourth-order valence-electron chi connectivity index (χ4n) is 3.19. The molecule has 0 N–H and O–H groups in total. The van der Waals surface area contributed by atoms with Gasteiger partial charge in [0.25, 0.3) is 5.91 Å². The zero-order valence-corrected chi connectivity index (χ0v) is 15.4. The van der Waals surface area contributed by atoms with Gasteiger partial charge in [-0.15, -0.1) is 5.10 Å². The molecule has 0 saturated carbocycles. The van der Waals surface area contributed by atoms with Gasteiger partial charge in [-0.25, -0.2) is 8.78 Å². The molecule has 0 unspecified atom stereocenters. The van der Waals surface area contributed by atoms with Gasteiger partial charge in [-0.05, 0) is 42.3 Å². The van der Waals surface area contributed by atoms with Crippen molar-refractivity contribution in [1.29, 1.82) is 0 Å². The number of carbonyl (C=O) groups is 1. The number of aromatic nitrogens is 2. The molecule has 0 aliphatic carbocycles. The monoisotopic (exact) mass is 383 g/mol. The largest absolute Gasteiger partial charge is 0.472 e. The van der Waals surface area contributed by atoms with Crippen LogP contribution >= 0.6 is 0 Å². The molecule has 0 radical (unpaired) electrons. The third kappa shape index (κ3) is 3.74. The Kier molecular flexibility index (Phi) is 4.81. The quantitative estimate of drug-likeness (QED) is 0.690. The molecule has 0 spiro atoms. The third-order valence-electron chi connectivity index (χ3n) is 4.72. The van der Waals surface area contributed by atoms with Crippen molar-refractivity contribution in [2.45, 2.75) is 26.6 Å². The summed E-state index contributed by atoms with van der Waals surface area (Å²) in [6, 6.07) is 12.5. The van der Waals surface area contributed by atoms with Crippen LogP contribution in [0.4, 0.5) is 8.78 Å². The van der Waals surface area contributed by atoms with Crippen molar-refractivity contribution in [3.8, 4) is 5.88 Å². The van der Waals surface area contributed by atoms with Crippen molar-refractivity contribution in [2.24, 2.45) is 0 Å². The number of ether oxygens (including phenoxy) is 1. The number of halogens is 2. The average molecular weight is 383 g/mol. The third-order valence-corrected chi connectivity index (χ3v) is 4.72. The highest BCUT2D eigenvalue weighted by atomic mass is 19.1. The predicted molar refractivity (Wildman–Crippen MR) is 98.8 cm³/mol. The molecule has 2 aromatic carbocycles. The Morgan fingerprint density at radius 2 is 1.89 bits per heavy atom. The summed E-state index contributed by atoms with van der Waals surface area (Å²) < 4.78 is 34.6. The number of carbonyl (C=O) groups excluding carboxylic acids is 1. The molecule has 0 saturated heterocycles. The molecule has 4 rings (SSSR count). The summed E-state index contributed by atoms with van der Waals surface area (Å²) in [6.45, 7) is 3.34. The Bertz CT molecular complexity index is 1010. The first kappa shape index (κ1) is 18.2. The second kappa shape index (κ2) is 7.42. The molecule has 3 aromatic rings. The molecule has 1 aromatic heterocycles. The summed E-state index contributed by atoms with van der Waals surface area (Å²) in [6.07, 6.45) is 0. The van der Waals surface area contributed by atoms with Crippen molar-refractivity contribution in [1.82, 2.24) is 14.7 Å². The fourth-order valence-corrected chi connectivity index (χ4v) is 3.19. The highest BCUT2D eigenvalue weighted by Crippen LogP contribution is 2.21. The van der Waals surface area contributed by atoms with Crippen LogP contribution in [-0.2, 0) is 19.7 Å². The lowest BCUT2D eigenvalue weighted by atomic mass is 10.1. The minimum atomic E-state index is -0.507. The topological polar surface area (TPSA) is 47.4 Å². The SMILES string of the molecule is Cc1ccc(C(=O)N2CCn3nc(OCc4ccc(F)cc4)cc3C2)c(F)c1. The number of amides is 1. The minimum Gasteiger partial charge on any atom is -0.472 e. The van der Waals surface area contributed by atoms with Gasteiger partial charge in [-0.3, -0.25) is 9.48 Å². The van der Waals surface area contributed by atoms with Crippen LogP contribution in [0.15, 0.2) is 48.5 Å². The van der Waals surface area contributed by atoms with Gasteiger partial charge in [0.05, 0.1) is 24.3 Å². The summed E-state index contributed by atoms with van der Waals surface area (Å²) in [7, 11) is 0. The maximum Gasteiger partial charge on any atom is 0.257 e. The van der Waals surface area contributed by atoms with E-state index in [1.54, 1.807) is 40.8 Å². The van der Waals surface area contributed by atoms with E-state index in [4.69, 9.17) is 4.74 Å². The van der Waals surface area contributed by atoms with Crippen LogP contribution in [0.3, 0.4) is 0 Å². The highest BCUT2D eigenvalue weighted by molar-refractivity contribution is 5.94. The van der Waals surface area contributed by atoms with E-state index in [0.717, 1.165) is 16.8 Å². The second-order valence-corrected chi connectivity index (χ2v) is 6.82. The molecule has 28 heavy (non-hydrogen) atoms. The van der Waals surface area contributed by atoms with Crippen LogP contribution in [-0.4, -0.2) is 27.1 Å². The molecular formula is C21H19F2N3O2.